The molecule has 1 N–H and O–H groups in total. The van der Waals surface area contributed by atoms with Crippen molar-refractivity contribution in [2.45, 2.75) is 18.8 Å². The van der Waals surface area contributed by atoms with Crippen LogP contribution in [0.15, 0.2) is 29.0 Å². The minimum Gasteiger partial charge on any atom is -0.478 e. The molecule has 3 rings (SSSR count). The highest BCUT2D eigenvalue weighted by atomic mass is 79.9. The van der Waals surface area contributed by atoms with Crippen LogP contribution in [-0.2, 0) is 0 Å². The Balaban J connectivity index is 2.06. The molecule has 0 unspecified atom stereocenters. The van der Waals surface area contributed by atoms with Crippen LogP contribution in [-0.4, -0.2) is 25.8 Å². The second-order valence-corrected chi connectivity index (χ2v) is 5.20. The number of aromatic nitrogens is 3. The molecule has 6 heteroatoms. The lowest BCUT2D eigenvalue weighted by molar-refractivity contribution is 0.0696. The lowest BCUT2D eigenvalue weighted by atomic mass is 10.2. The van der Waals surface area contributed by atoms with Crippen molar-refractivity contribution in [2.24, 2.45) is 0 Å². The highest BCUT2D eigenvalue weighted by molar-refractivity contribution is 9.10. The van der Waals surface area contributed by atoms with Crippen molar-refractivity contribution in [1.29, 1.82) is 0 Å². The molecule has 0 spiro atoms. The quantitative estimate of drug-likeness (QED) is 0.946. The molecule has 92 valence electrons. The molecular weight excluding hydrogens is 298 g/mol. The first-order chi connectivity index (χ1) is 8.65. The molecule has 1 saturated carbocycles. The van der Waals surface area contributed by atoms with Gasteiger partial charge in [0.2, 0.25) is 0 Å². The number of halogens is 1. The maximum atomic E-state index is 11.2. The second kappa shape index (κ2) is 4.20. The zero-order chi connectivity index (χ0) is 12.7. The fourth-order valence-corrected chi connectivity index (χ4v) is 2.16. The number of aromatic carboxylic acids is 1. The molecule has 0 amide bonds. The molecule has 0 aliphatic heterocycles. The molecule has 2 heterocycles. The van der Waals surface area contributed by atoms with Crippen molar-refractivity contribution in [3.63, 3.8) is 0 Å². The Bertz CT molecular complexity index is 620. The lowest BCUT2D eigenvalue weighted by Crippen LogP contribution is -2.08. The third kappa shape index (κ3) is 2.03. The summed E-state index contributed by atoms with van der Waals surface area (Å²) in [6.45, 7) is 0. The molecule has 0 aromatic carbocycles. The van der Waals surface area contributed by atoms with Gasteiger partial charge < -0.3 is 5.11 Å². The van der Waals surface area contributed by atoms with Crippen LogP contribution in [0, 0.1) is 0 Å². The number of nitrogens with zero attached hydrogens (tertiary/aromatic N) is 3. The molecule has 0 bridgehead atoms. The number of hydrogen-bond acceptors (Lipinski definition) is 3. The van der Waals surface area contributed by atoms with E-state index in [4.69, 9.17) is 0 Å². The number of rotatable bonds is 3. The summed E-state index contributed by atoms with van der Waals surface area (Å²) in [6, 6.07) is 3.45. The van der Waals surface area contributed by atoms with Gasteiger partial charge in [0, 0.05) is 22.8 Å². The molecule has 0 saturated heterocycles. The van der Waals surface area contributed by atoms with Crippen LogP contribution in [0.4, 0.5) is 0 Å². The molecule has 5 nitrogen and oxygen atoms in total. The Morgan fingerprint density at radius 3 is 2.94 bits per heavy atom. The summed E-state index contributed by atoms with van der Waals surface area (Å²) >= 11 is 3.22. The topological polar surface area (TPSA) is 68.0 Å². The van der Waals surface area contributed by atoms with Gasteiger partial charge in [0.1, 0.15) is 5.56 Å². The van der Waals surface area contributed by atoms with Gasteiger partial charge in [-0.2, -0.15) is 5.10 Å². The van der Waals surface area contributed by atoms with E-state index < -0.39 is 5.97 Å². The Labute approximate surface area is 112 Å². The first-order valence-corrected chi connectivity index (χ1v) is 6.39. The molecule has 18 heavy (non-hydrogen) atoms. The summed E-state index contributed by atoms with van der Waals surface area (Å²) in [5, 5.41) is 13.6. The van der Waals surface area contributed by atoms with Crippen molar-refractivity contribution >= 4 is 21.9 Å². The van der Waals surface area contributed by atoms with Gasteiger partial charge in [-0.25, -0.2) is 14.5 Å². The highest BCUT2D eigenvalue weighted by Crippen LogP contribution is 2.39. The minimum atomic E-state index is -1.01. The Hall–Kier alpha value is -1.69. The van der Waals surface area contributed by atoms with Crippen LogP contribution < -0.4 is 0 Å². The summed E-state index contributed by atoms with van der Waals surface area (Å²) in [4.78, 5) is 15.3. The molecule has 1 aliphatic rings. The monoisotopic (exact) mass is 307 g/mol. The predicted molar refractivity (Wildman–Crippen MR) is 68.0 cm³/mol. The van der Waals surface area contributed by atoms with Gasteiger partial charge >= 0.3 is 5.97 Å². The van der Waals surface area contributed by atoms with Crippen molar-refractivity contribution < 1.29 is 9.90 Å². The van der Waals surface area contributed by atoms with Gasteiger partial charge in [0.15, 0.2) is 5.82 Å². The van der Waals surface area contributed by atoms with Crippen LogP contribution in [0.3, 0.4) is 0 Å². The molecular formula is C12H10BrN3O2. The minimum absolute atomic E-state index is 0.134. The van der Waals surface area contributed by atoms with Gasteiger partial charge in [-0.15, -0.1) is 0 Å². The number of carboxylic acid groups (broad SMARTS) is 1. The standard InChI is InChI=1S/C12H10BrN3O2/c13-8-5-9(12(17)18)11(14-6-8)16-4-3-10(15-16)7-1-2-7/h3-7H,1-2H2,(H,17,18). The Morgan fingerprint density at radius 2 is 2.28 bits per heavy atom. The summed E-state index contributed by atoms with van der Waals surface area (Å²) in [7, 11) is 0. The Morgan fingerprint density at radius 1 is 1.50 bits per heavy atom. The number of carboxylic acids is 1. The van der Waals surface area contributed by atoms with Crippen LogP contribution >= 0.6 is 15.9 Å². The SMILES string of the molecule is O=C(O)c1cc(Br)cnc1-n1ccc(C2CC2)n1. The summed E-state index contributed by atoms with van der Waals surface area (Å²) < 4.78 is 2.17. The van der Waals surface area contributed by atoms with E-state index in [-0.39, 0.29) is 5.56 Å². The van der Waals surface area contributed by atoms with E-state index in [0.717, 1.165) is 18.5 Å². The molecule has 0 radical (unpaired) electrons. The van der Waals surface area contributed by atoms with Gasteiger partial charge in [-0.3, -0.25) is 0 Å². The maximum Gasteiger partial charge on any atom is 0.339 e. The van der Waals surface area contributed by atoms with E-state index >= 15 is 0 Å². The fourth-order valence-electron chi connectivity index (χ4n) is 1.82. The lowest BCUT2D eigenvalue weighted by Gasteiger charge is -2.05. The van der Waals surface area contributed by atoms with E-state index in [1.165, 1.54) is 10.7 Å². The van der Waals surface area contributed by atoms with Crippen molar-refractivity contribution in [2.75, 3.05) is 0 Å². The predicted octanol–water partition coefficient (Wildman–Crippen LogP) is 2.61. The fraction of sp³-hybridized carbons (Fsp3) is 0.250. The van der Waals surface area contributed by atoms with E-state index in [1.54, 1.807) is 12.4 Å². The van der Waals surface area contributed by atoms with Crippen LogP contribution in [0.5, 0.6) is 0 Å². The molecule has 2 aromatic rings. The first kappa shape index (κ1) is 11.4. The van der Waals surface area contributed by atoms with Gasteiger partial charge in [-0.05, 0) is 40.9 Å². The summed E-state index contributed by atoms with van der Waals surface area (Å²) in [5.41, 5.74) is 1.14. The largest absolute Gasteiger partial charge is 0.478 e. The van der Waals surface area contributed by atoms with Gasteiger partial charge in [-0.1, -0.05) is 0 Å². The van der Waals surface area contributed by atoms with E-state index in [1.807, 2.05) is 6.07 Å². The van der Waals surface area contributed by atoms with Gasteiger partial charge in [0.05, 0.1) is 5.69 Å². The van der Waals surface area contributed by atoms with Crippen molar-refractivity contribution in [3.05, 3.63) is 40.3 Å². The summed E-state index contributed by atoms with van der Waals surface area (Å²) in [6.07, 6.45) is 5.66. The average Bonchev–Trinajstić information content (AvgIpc) is 3.08. The normalized spacial score (nSPS) is 14.7. The van der Waals surface area contributed by atoms with E-state index in [2.05, 4.69) is 26.0 Å². The third-order valence-electron chi connectivity index (χ3n) is 2.89. The number of pyridine rings is 1. The zero-order valence-corrected chi connectivity index (χ0v) is 11.0. The van der Waals surface area contributed by atoms with Crippen molar-refractivity contribution in [1.82, 2.24) is 14.8 Å². The van der Waals surface area contributed by atoms with Crippen LogP contribution in [0.25, 0.3) is 5.82 Å². The first-order valence-electron chi connectivity index (χ1n) is 5.60. The Kier molecular flexibility index (Phi) is 2.66. The van der Waals surface area contributed by atoms with Gasteiger partial charge in [0.25, 0.3) is 0 Å². The van der Waals surface area contributed by atoms with E-state index in [9.17, 15) is 9.90 Å². The number of carbonyl (C=O) groups is 1. The van der Waals surface area contributed by atoms with Crippen molar-refractivity contribution in [3.8, 4) is 5.82 Å². The maximum absolute atomic E-state index is 11.2. The second-order valence-electron chi connectivity index (χ2n) is 4.29. The third-order valence-corrected chi connectivity index (χ3v) is 3.32. The molecule has 1 fully saturated rings. The zero-order valence-electron chi connectivity index (χ0n) is 9.38. The van der Waals surface area contributed by atoms with Crippen LogP contribution in [0.2, 0.25) is 0 Å². The molecule has 1 aliphatic carbocycles. The molecule has 2 aromatic heterocycles. The number of hydrogen-bond donors (Lipinski definition) is 1. The smallest absolute Gasteiger partial charge is 0.339 e. The average molecular weight is 308 g/mol. The van der Waals surface area contributed by atoms with Crippen LogP contribution in [0.1, 0.15) is 34.8 Å². The highest BCUT2D eigenvalue weighted by Gasteiger charge is 2.26. The summed E-state index contributed by atoms with van der Waals surface area (Å²) in [5.74, 6) is -0.130. The molecule has 0 atom stereocenters. The van der Waals surface area contributed by atoms with E-state index in [0.29, 0.717) is 16.2 Å².